The zero-order valence-corrected chi connectivity index (χ0v) is 14.7. The monoisotopic (exact) mass is 328 g/mol. The van der Waals surface area contributed by atoms with Crippen LogP contribution in [0.4, 0.5) is 0 Å². The average Bonchev–Trinajstić information content (AvgIpc) is 3.03. The van der Waals surface area contributed by atoms with Gasteiger partial charge in [0.15, 0.2) is 0 Å². The Labute approximate surface area is 145 Å². The van der Waals surface area contributed by atoms with Gasteiger partial charge in [-0.05, 0) is 50.8 Å². The quantitative estimate of drug-likeness (QED) is 0.923. The first kappa shape index (κ1) is 17.4. The normalized spacial score (nSPS) is 28.7. The lowest BCUT2D eigenvalue weighted by Crippen LogP contribution is -2.46. The van der Waals surface area contributed by atoms with Crippen molar-refractivity contribution in [3.05, 3.63) is 35.4 Å². The summed E-state index contributed by atoms with van der Waals surface area (Å²) < 4.78 is 5.63. The Bertz CT molecular complexity index is 608. The second kappa shape index (κ2) is 7.23. The van der Waals surface area contributed by atoms with Crippen LogP contribution in [0.5, 0.6) is 0 Å². The number of benzene rings is 1. The molecule has 0 bridgehead atoms. The first-order valence-corrected chi connectivity index (χ1v) is 9.02. The molecule has 0 radical (unpaired) electrons. The number of ether oxygens (including phenoxy) is 1. The van der Waals surface area contributed by atoms with E-state index in [-0.39, 0.29) is 12.0 Å². The number of aliphatic hydroxyl groups is 1. The number of likely N-dealkylation sites (tertiary alicyclic amines) is 1. The Morgan fingerprint density at radius 2 is 2.12 bits per heavy atom. The van der Waals surface area contributed by atoms with Crippen LogP contribution >= 0.6 is 0 Å². The van der Waals surface area contributed by atoms with E-state index in [4.69, 9.17) is 4.74 Å². The van der Waals surface area contributed by atoms with Gasteiger partial charge < -0.3 is 9.84 Å². The maximum atomic E-state index is 10.4. The largest absolute Gasteiger partial charge is 0.393 e. The summed E-state index contributed by atoms with van der Waals surface area (Å²) in [4.78, 5) is 2.48. The highest BCUT2D eigenvalue weighted by atomic mass is 16.5. The molecule has 0 saturated carbocycles. The summed E-state index contributed by atoms with van der Waals surface area (Å²) in [5, 5.41) is 19.9. The van der Waals surface area contributed by atoms with Crippen molar-refractivity contribution in [2.45, 2.75) is 57.2 Å². The summed E-state index contributed by atoms with van der Waals surface area (Å²) in [6, 6.07) is 11.1. The fraction of sp³-hybridized carbons (Fsp3) is 0.650. The van der Waals surface area contributed by atoms with Gasteiger partial charge in [-0.15, -0.1) is 0 Å². The Morgan fingerprint density at radius 1 is 1.33 bits per heavy atom. The maximum absolute atomic E-state index is 10.4. The molecular formula is C20H28N2O2. The van der Waals surface area contributed by atoms with E-state index in [1.807, 2.05) is 19.9 Å². The molecule has 0 aromatic heterocycles. The number of aliphatic hydroxyl groups excluding tert-OH is 1. The SMILES string of the molecule is CC(C)(C#N)c1ccccc1CN1CCC[C@@H]1[C@H]1COCC[C@H]1O. The molecule has 1 aromatic carbocycles. The average molecular weight is 328 g/mol. The number of hydrogen-bond donors (Lipinski definition) is 1. The first-order chi connectivity index (χ1) is 11.5. The molecule has 1 aromatic rings. The molecule has 0 amide bonds. The van der Waals surface area contributed by atoms with Crippen LogP contribution in [0.25, 0.3) is 0 Å². The van der Waals surface area contributed by atoms with Gasteiger partial charge in [0.2, 0.25) is 0 Å². The minimum Gasteiger partial charge on any atom is -0.393 e. The van der Waals surface area contributed by atoms with Crippen LogP contribution < -0.4 is 0 Å². The van der Waals surface area contributed by atoms with E-state index in [9.17, 15) is 10.4 Å². The van der Waals surface area contributed by atoms with E-state index < -0.39 is 5.41 Å². The van der Waals surface area contributed by atoms with Gasteiger partial charge in [-0.2, -0.15) is 5.26 Å². The highest BCUT2D eigenvalue weighted by Crippen LogP contribution is 2.33. The molecule has 130 valence electrons. The zero-order chi connectivity index (χ0) is 17.2. The molecule has 4 nitrogen and oxygen atoms in total. The zero-order valence-electron chi connectivity index (χ0n) is 14.7. The van der Waals surface area contributed by atoms with E-state index in [0.29, 0.717) is 19.3 Å². The third kappa shape index (κ3) is 3.49. The van der Waals surface area contributed by atoms with Crippen LogP contribution in [0.3, 0.4) is 0 Å². The molecule has 4 heteroatoms. The Morgan fingerprint density at radius 3 is 2.88 bits per heavy atom. The van der Waals surface area contributed by atoms with E-state index >= 15 is 0 Å². The summed E-state index contributed by atoms with van der Waals surface area (Å²) in [6.07, 6.45) is 2.77. The Kier molecular flexibility index (Phi) is 5.24. The van der Waals surface area contributed by atoms with Crippen molar-refractivity contribution in [1.82, 2.24) is 4.90 Å². The highest BCUT2D eigenvalue weighted by Gasteiger charge is 2.38. The maximum Gasteiger partial charge on any atom is 0.0769 e. The summed E-state index contributed by atoms with van der Waals surface area (Å²) in [5.41, 5.74) is 1.85. The lowest BCUT2D eigenvalue weighted by molar-refractivity contribution is -0.0636. The van der Waals surface area contributed by atoms with Gasteiger partial charge in [-0.25, -0.2) is 0 Å². The van der Waals surface area contributed by atoms with Gasteiger partial charge >= 0.3 is 0 Å². The summed E-state index contributed by atoms with van der Waals surface area (Å²) in [6.45, 7) is 7.18. The molecule has 0 spiro atoms. The molecule has 3 atom stereocenters. The molecule has 2 aliphatic heterocycles. The van der Waals surface area contributed by atoms with Gasteiger partial charge in [-0.1, -0.05) is 24.3 Å². The van der Waals surface area contributed by atoms with Crippen molar-refractivity contribution in [1.29, 1.82) is 5.26 Å². The van der Waals surface area contributed by atoms with Crippen molar-refractivity contribution in [3.8, 4) is 6.07 Å². The summed E-state index contributed by atoms with van der Waals surface area (Å²) in [5.74, 6) is 0.206. The highest BCUT2D eigenvalue weighted by molar-refractivity contribution is 5.37. The van der Waals surface area contributed by atoms with Crippen molar-refractivity contribution >= 4 is 0 Å². The Hall–Kier alpha value is -1.41. The second-order valence-corrected chi connectivity index (χ2v) is 7.67. The number of nitrogens with zero attached hydrogens (tertiary/aromatic N) is 2. The standard InChI is InChI=1S/C20H28N2O2/c1-20(2,14-21)17-7-4-3-6-15(17)12-22-10-5-8-18(22)16-13-24-11-9-19(16)23/h3-4,6-7,16,18-19,23H,5,8-13H2,1-2H3/t16-,18-,19-/m1/s1. The van der Waals surface area contributed by atoms with E-state index in [1.165, 1.54) is 5.56 Å². The van der Waals surface area contributed by atoms with Gasteiger partial charge in [0.25, 0.3) is 0 Å². The van der Waals surface area contributed by atoms with Gasteiger partial charge in [-0.3, -0.25) is 4.90 Å². The van der Waals surface area contributed by atoms with Gasteiger partial charge in [0, 0.05) is 25.1 Å². The van der Waals surface area contributed by atoms with Crippen LogP contribution in [-0.2, 0) is 16.7 Å². The molecular weight excluding hydrogens is 300 g/mol. The smallest absolute Gasteiger partial charge is 0.0769 e. The molecule has 0 unspecified atom stereocenters. The van der Waals surface area contributed by atoms with Crippen LogP contribution in [0.2, 0.25) is 0 Å². The third-order valence-corrected chi connectivity index (χ3v) is 5.61. The van der Waals surface area contributed by atoms with Crippen LogP contribution in [0.15, 0.2) is 24.3 Å². The third-order valence-electron chi connectivity index (χ3n) is 5.61. The van der Waals surface area contributed by atoms with E-state index in [0.717, 1.165) is 37.9 Å². The van der Waals surface area contributed by atoms with Crippen LogP contribution in [-0.4, -0.2) is 41.9 Å². The van der Waals surface area contributed by atoms with Crippen LogP contribution in [0, 0.1) is 17.2 Å². The molecule has 2 heterocycles. The number of rotatable bonds is 4. The minimum atomic E-state index is -0.487. The molecule has 1 N–H and O–H groups in total. The summed E-state index contributed by atoms with van der Waals surface area (Å²) >= 11 is 0. The lowest BCUT2D eigenvalue weighted by Gasteiger charge is -2.37. The van der Waals surface area contributed by atoms with Gasteiger partial charge in [0.05, 0.1) is 24.2 Å². The predicted molar refractivity (Wildman–Crippen MR) is 93.4 cm³/mol. The molecule has 24 heavy (non-hydrogen) atoms. The fourth-order valence-corrected chi connectivity index (χ4v) is 4.20. The summed E-state index contributed by atoms with van der Waals surface area (Å²) in [7, 11) is 0. The first-order valence-electron chi connectivity index (χ1n) is 9.02. The lowest BCUT2D eigenvalue weighted by atomic mass is 9.83. The number of hydrogen-bond acceptors (Lipinski definition) is 4. The van der Waals surface area contributed by atoms with Gasteiger partial charge in [0.1, 0.15) is 0 Å². The Balaban J connectivity index is 1.80. The van der Waals surface area contributed by atoms with E-state index in [2.05, 4.69) is 29.2 Å². The molecule has 2 saturated heterocycles. The molecule has 2 aliphatic rings. The number of nitriles is 1. The molecule has 3 rings (SSSR count). The predicted octanol–water partition coefficient (Wildman–Crippen LogP) is 2.85. The fourth-order valence-electron chi connectivity index (χ4n) is 4.20. The van der Waals surface area contributed by atoms with Crippen molar-refractivity contribution in [2.24, 2.45) is 5.92 Å². The van der Waals surface area contributed by atoms with E-state index in [1.54, 1.807) is 0 Å². The van der Waals surface area contributed by atoms with Crippen molar-refractivity contribution in [2.75, 3.05) is 19.8 Å². The van der Waals surface area contributed by atoms with Crippen molar-refractivity contribution < 1.29 is 9.84 Å². The molecule has 0 aliphatic carbocycles. The second-order valence-electron chi connectivity index (χ2n) is 7.67. The van der Waals surface area contributed by atoms with Crippen LogP contribution in [0.1, 0.15) is 44.2 Å². The molecule has 2 fully saturated rings. The topological polar surface area (TPSA) is 56.5 Å². The van der Waals surface area contributed by atoms with Crippen molar-refractivity contribution in [3.63, 3.8) is 0 Å². The minimum absolute atomic E-state index is 0.206.